The third kappa shape index (κ3) is 4.30. The number of aromatic nitrogens is 4. The minimum absolute atomic E-state index is 0.795. The number of hydrogen-bond donors (Lipinski definition) is 0. The molecule has 4 aromatic rings. The van der Waals surface area contributed by atoms with Crippen LogP contribution in [0.25, 0.3) is 22.5 Å². The standard InChI is InChI=1S/C26H26N6/c1-19-8-10-22(11-9-19)24-17-26(30-20(2)29-24)32-14-12-31(13-15-32)25-16-23(27-18-28-25)21-6-4-3-5-7-21/h3-11,16-18H,12-15H2,1-2H3. The van der Waals surface area contributed by atoms with Crippen LogP contribution in [-0.2, 0) is 0 Å². The Labute approximate surface area is 188 Å². The highest BCUT2D eigenvalue weighted by molar-refractivity contribution is 5.64. The van der Waals surface area contributed by atoms with Crippen molar-refractivity contribution in [3.63, 3.8) is 0 Å². The Morgan fingerprint density at radius 1 is 0.625 bits per heavy atom. The van der Waals surface area contributed by atoms with Gasteiger partial charge < -0.3 is 9.80 Å². The van der Waals surface area contributed by atoms with Gasteiger partial charge in [0.2, 0.25) is 0 Å². The number of anilines is 2. The van der Waals surface area contributed by atoms with Crippen molar-refractivity contribution in [3.05, 3.63) is 84.4 Å². The molecular weight excluding hydrogens is 396 g/mol. The molecule has 1 fully saturated rings. The van der Waals surface area contributed by atoms with Crippen molar-refractivity contribution in [2.45, 2.75) is 13.8 Å². The van der Waals surface area contributed by atoms with Crippen molar-refractivity contribution in [2.24, 2.45) is 0 Å². The van der Waals surface area contributed by atoms with Gasteiger partial charge in [-0.2, -0.15) is 0 Å². The minimum atomic E-state index is 0.795. The van der Waals surface area contributed by atoms with Crippen LogP contribution < -0.4 is 9.80 Å². The molecule has 0 unspecified atom stereocenters. The van der Waals surface area contributed by atoms with Gasteiger partial charge in [-0.05, 0) is 13.8 Å². The van der Waals surface area contributed by atoms with Crippen molar-refractivity contribution in [2.75, 3.05) is 36.0 Å². The van der Waals surface area contributed by atoms with Gasteiger partial charge in [-0.3, -0.25) is 0 Å². The van der Waals surface area contributed by atoms with Gasteiger partial charge >= 0.3 is 0 Å². The number of piperazine rings is 1. The van der Waals surface area contributed by atoms with E-state index >= 15 is 0 Å². The lowest BCUT2D eigenvalue weighted by molar-refractivity contribution is 0.639. The van der Waals surface area contributed by atoms with E-state index in [0.29, 0.717) is 0 Å². The molecule has 3 heterocycles. The molecule has 6 heteroatoms. The van der Waals surface area contributed by atoms with E-state index in [4.69, 9.17) is 4.98 Å². The van der Waals surface area contributed by atoms with Gasteiger partial charge in [-0.25, -0.2) is 19.9 Å². The Morgan fingerprint density at radius 2 is 1.25 bits per heavy atom. The highest BCUT2D eigenvalue weighted by atomic mass is 15.3. The van der Waals surface area contributed by atoms with Crippen LogP contribution in [0, 0.1) is 13.8 Å². The molecule has 2 aromatic heterocycles. The predicted octanol–water partition coefficient (Wildman–Crippen LogP) is 4.54. The Hall–Kier alpha value is -3.80. The Balaban J connectivity index is 1.32. The molecule has 0 spiro atoms. The minimum Gasteiger partial charge on any atom is -0.353 e. The maximum Gasteiger partial charge on any atom is 0.132 e. The molecule has 5 rings (SSSR count). The van der Waals surface area contributed by atoms with E-state index in [-0.39, 0.29) is 0 Å². The Bertz CT molecular complexity index is 1200. The van der Waals surface area contributed by atoms with Gasteiger partial charge in [0.25, 0.3) is 0 Å². The van der Waals surface area contributed by atoms with Gasteiger partial charge in [-0.1, -0.05) is 60.2 Å². The van der Waals surface area contributed by atoms with E-state index in [9.17, 15) is 0 Å². The van der Waals surface area contributed by atoms with Crippen molar-refractivity contribution in [3.8, 4) is 22.5 Å². The fourth-order valence-corrected chi connectivity index (χ4v) is 4.04. The van der Waals surface area contributed by atoms with Gasteiger partial charge in [0, 0.05) is 49.4 Å². The summed E-state index contributed by atoms with van der Waals surface area (Å²) in [5.41, 5.74) is 5.40. The SMILES string of the molecule is Cc1ccc(-c2cc(N3CCN(c4cc(-c5ccccc5)ncn4)CC3)nc(C)n2)cc1. The van der Waals surface area contributed by atoms with E-state index in [2.05, 4.69) is 80.2 Å². The largest absolute Gasteiger partial charge is 0.353 e. The van der Waals surface area contributed by atoms with E-state index in [0.717, 1.165) is 66.2 Å². The number of benzene rings is 2. The van der Waals surface area contributed by atoms with Crippen LogP contribution in [0.2, 0.25) is 0 Å². The quantitative estimate of drug-likeness (QED) is 0.481. The molecule has 0 atom stereocenters. The summed E-state index contributed by atoms with van der Waals surface area (Å²) in [5, 5.41) is 0. The topological polar surface area (TPSA) is 58.0 Å². The lowest BCUT2D eigenvalue weighted by Crippen LogP contribution is -2.47. The van der Waals surface area contributed by atoms with E-state index < -0.39 is 0 Å². The average Bonchev–Trinajstić information content (AvgIpc) is 2.85. The fraction of sp³-hybridized carbons (Fsp3) is 0.231. The smallest absolute Gasteiger partial charge is 0.132 e. The summed E-state index contributed by atoms with van der Waals surface area (Å²) in [6.45, 7) is 7.59. The molecule has 0 saturated carbocycles. The van der Waals surface area contributed by atoms with Crippen LogP contribution in [0.3, 0.4) is 0 Å². The normalized spacial score (nSPS) is 13.9. The maximum atomic E-state index is 4.72. The molecule has 1 aliphatic heterocycles. The summed E-state index contributed by atoms with van der Waals surface area (Å²) in [6.07, 6.45) is 1.66. The van der Waals surface area contributed by atoms with Gasteiger partial charge in [-0.15, -0.1) is 0 Å². The summed E-state index contributed by atoms with van der Waals surface area (Å²) in [4.78, 5) is 23.0. The molecule has 1 saturated heterocycles. The second kappa shape index (κ2) is 8.75. The molecule has 1 aliphatic rings. The molecular formula is C26H26N6. The summed E-state index contributed by atoms with van der Waals surface area (Å²) in [6, 6.07) is 22.9. The van der Waals surface area contributed by atoms with Crippen LogP contribution in [0.4, 0.5) is 11.6 Å². The second-order valence-corrected chi connectivity index (χ2v) is 8.13. The van der Waals surface area contributed by atoms with E-state index in [1.165, 1.54) is 5.56 Å². The highest BCUT2D eigenvalue weighted by Crippen LogP contribution is 2.25. The Morgan fingerprint density at radius 3 is 1.97 bits per heavy atom. The number of aryl methyl sites for hydroxylation is 2. The van der Waals surface area contributed by atoms with Crippen LogP contribution in [0.5, 0.6) is 0 Å². The predicted molar refractivity (Wildman–Crippen MR) is 129 cm³/mol. The second-order valence-electron chi connectivity index (χ2n) is 8.13. The van der Waals surface area contributed by atoms with Gasteiger partial charge in [0.05, 0.1) is 11.4 Å². The van der Waals surface area contributed by atoms with Crippen molar-refractivity contribution >= 4 is 11.6 Å². The monoisotopic (exact) mass is 422 g/mol. The summed E-state index contributed by atoms with van der Waals surface area (Å²) >= 11 is 0. The molecule has 160 valence electrons. The van der Waals surface area contributed by atoms with E-state index in [1.54, 1.807) is 6.33 Å². The maximum absolute atomic E-state index is 4.72. The third-order valence-electron chi connectivity index (χ3n) is 5.82. The van der Waals surface area contributed by atoms with Crippen LogP contribution in [-0.4, -0.2) is 46.1 Å². The van der Waals surface area contributed by atoms with Crippen LogP contribution >= 0.6 is 0 Å². The first-order valence-electron chi connectivity index (χ1n) is 11.0. The van der Waals surface area contributed by atoms with Crippen molar-refractivity contribution < 1.29 is 0 Å². The summed E-state index contributed by atoms with van der Waals surface area (Å²) in [5.74, 6) is 2.75. The molecule has 0 amide bonds. The van der Waals surface area contributed by atoms with Crippen molar-refractivity contribution in [1.82, 2.24) is 19.9 Å². The molecule has 0 aliphatic carbocycles. The van der Waals surface area contributed by atoms with Crippen LogP contribution in [0.1, 0.15) is 11.4 Å². The Kier molecular flexibility index (Phi) is 5.50. The average molecular weight is 423 g/mol. The number of hydrogen-bond acceptors (Lipinski definition) is 6. The molecule has 0 N–H and O–H groups in total. The first-order chi connectivity index (χ1) is 15.7. The fourth-order valence-electron chi connectivity index (χ4n) is 4.04. The highest BCUT2D eigenvalue weighted by Gasteiger charge is 2.20. The van der Waals surface area contributed by atoms with Gasteiger partial charge in [0.15, 0.2) is 0 Å². The van der Waals surface area contributed by atoms with E-state index in [1.807, 2.05) is 25.1 Å². The molecule has 2 aromatic carbocycles. The summed E-state index contributed by atoms with van der Waals surface area (Å²) < 4.78 is 0. The lowest BCUT2D eigenvalue weighted by atomic mass is 10.1. The zero-order valence-electron chi connectivity index (χ0n) is 18.4. The van der Waals surface area contributed by atoms with Gasteiger partial charge in [0.1, 0.15) is 23.8 Å². The molecule has 6 nitrogen and oxygen atoms in total. The lowest BCUT2D eigenvalue weighted by Gasteiger charge is -2.36. The van der Waals surface area contributed by atoms with Crippen LogP contribution in [0.15, 0.2) is 73.1 Å². The number of rotatable bonds is 4. The zero-order valence-corrected chi connectivity index (χ0v) is 18.4. The zero-order chi connectivity index (χ0) is 21.9. The molecule has 0 bridgehead atoms. The number of nitrogens with zero attached hydrogens (tertiary/aromatic N) is 6. The molecule has 32 heavy (non-hydrogen) atoms. The molecule has 0 radical (unpaired) electrons. The summed E-state index contributed by atoms with van der Waals surface area (Å²) in [7, 11) is 0. The van der Waals surface area contributed by atoms with Crippen molar-refractivity contribution in [1.29, 1.82) is 0 Å². The first kappa shape index (κ1) is 20.1. The first-order valence-corrected chi connectivity index (χ1v) is 11.0. The third-order valence-corrected chi connectivity index (χ3v) is 5.82.